The molecule has 2 saturated carbocycles. The lowest BCUT2D eigenvalue weighted by Gasteiger charge is -2.37. The van der Waals surface area contributed by atoms with Crippen molar-refractivity contribution in [1.82, 2.24) is 0 Å². The zero-order chi connectivity index (χ0) is 17.9. The largest absolute Gasteiger partial charge is 0.266 e. The second-order valence-electron chi connectivity index (χ2n) is 8.85. The molecule has 0 saturated heterocycles. The Morgan fingerprint density at radius 1 is 0.720 bits per heavy atom. The van der Waals surface area contributed by atoms with Crippen molar-refractivity contribution in [3.8, 4) is 0 Å². The summed E-state index contributed by atoms with van der Waals surface area (Å²) in [5.74, 6) is 3.35. The Morgan fingerprint density at radius 3 is 1.80 bits per heavy atom. The molecule has 0 radical (unpaired) electrons. The van der Waals surface area contributed by atoms with Gasteiger partial charge in [0.15, 0.2) is 0 Å². The van der Waals surface area contributed by atoms with Crippen LogP contribution < -0.4 is 0 Å². The minimum atomic E-state index is -1.49. The Morgan fingerprint density at radius 2 is 1.24 bits per heavy atom. The molecular formula is C23H40F2. The molecule has 0 aliphatic heterocycles. The van der Waals surface area contributed by atoms with Crippen molar-refractivity contribution in [3.63, 3.8) is 0 Å². The van der Waals surface area contributed by atoms with Gasteiger partial charge in [-0.25, -0.2) is 0 Å². The average molecular weight is 355 g/mol. The lowest BCUT2D eigenvalue weighted by molar-refractivity contribution is 0.143. The van der Waals surface area contributed by atoms with E-state index in [0.717, 1.165) is 23.8 Å². The van der Waals surface area contributed by atoms with Crippen molar-refractivity contribution >= 4 is 0 Å². The summed E-state index contributed by atoms with van der Waals surface area (Å²) < 4.78 is 24.4. The van der Waals surface area contributed by atoms with Crippen LogP contribution in [-0.2, 0) is 0 Å². The van der Waals surface area contributed by atoms with E-state index < -0.39 is 6.08 Å². The second kappa shape index (κ2) is 12.1. The van der Waals surface area contributed by atoms with Crippen LogP contribution in [0.2, 0.25) is 0 Å². The molecule has 2 aliphatic rings. The molecule has 0 N–H and O–H groups in total. The summed E-state index contributed by atoms with van der Waals surface area (Å²) in [4.78, 5) is 0. The molecule has 0 amide bonds. The van der Waals surface area contributed by atoms with E-state index in [1.165, 1.54) is 96.3 Å². The van der Waals surface area contributed by atoms with E-state index in [2.05, 4.69) is 6.92 Å². The first-order valence-corrected chi connectivity index (χ1v) is 11.2. The first-order valence-electron chi connectivity index (χ1n) is 11.2. The monoisotopic (exact) mass is 354 g/mol. The van der Waals surface area contributed by atoms with Crippen molar-refractivity contribution in [2.45, 2.75) is 110 Å². The Balaban J connectivity index is 1.54. The van der Waals surface area contributed by atoms with Crippen LogP contribution >= 0.6 is 0 Å². The van der Waals surface area contributed by atoms with Gasteiger partial charge in [0, 0.05) is 0 Å². The fourth-order valence-electron chi connectivity index (χ4n) is 5.31. The molecule has 146 valence electrons. The maximum absolute atomic E-state index is 12.2. The van der Waals surface area contributed by atoms with Crippen LogP contribution in [0.25, 0.3) is 0 Å². The van der Waals surface area contributed by atoms with Crippen molar-refractivity contribution in [2.75, 3.05) is 0 Å². The molecule has 2 fully saturated rings. The van der Waals surface area contributed by atoms with Crippen molar-refractivity contribution in [2.24, 2.45) is 23.7 Å². The Labute approximate surface area is 154 Å². The zero-order valence-electron chi connectivity index (χ0n) is 16.5. The van der Waals surface area contributed by atoms with E-state index in [1.807, 2.05) is 0 Å². The van der Waals surface area contributed by atoms with Gasteiger partial charge in [-0.15, -0.1) is 0 Å². The SMILES string of the molecule is CCCCCCCCC1CCC(C2CCC(CC=C(F)F)CC2)CC1. The summed E-state index contributed by atoms with van der Waals surface area (Å²) in [6.45, 7) is 2.28. The minimum absolute atomic E-state index is 0.516. The lowest BCUT2D eigenvalue weighted by Crippen LogP contribution is -2.25. The molecule has 0 nitrogen and oxygen atoms in total. The van der Waals surface area contributed by atoms with Crippen LogP contribution in [0.5, 0.6) is 0 Å². The van der Waals surface area contributed by atoms with Crippen LogP contribution in [0.15, 0.2) is 12.2 Å². The molecule has 0 aromatic rings. The molecule has 0 aromatic carbocycles. The number of hydrogen-bond acceptors (Lipinski definition) is 0. The van der Waals surface area contributed by atoms with E-state index in [4.69, 9.17) is 0 Å². The molecule has 2 rings (SSSR count). The molecule has 0 heterocycles. The van der Waals surface area contributed by atoms with Gasteiger partial charge >= 0.3 is 0 Å². The fourth-order valence-corrected chi connectivity index (χ4v) is 5.31. The van der Waals surface area contributed by atoms with Gasteiger partial charge in [0.05, 0.1) is 0 Å². The third-order valence-corrected chi connectivity index (χ3v) is 7.02. The number of halogens is 2. The van der Waals surface area contributed by atoms with Crippen molar-refractivity contribution in [3.05, 3.63) is 12.2 Å². The summed E-state index contributed by atoms with van der Waals surface area (Å²) in [5, 5.41) is 0. The van der Waals surface area contributed by atoms with Gasteiger partial charge in [-0.2, -0.15) is 8.78 Å². The van der Waals surface area contributed by atoms with Crippen LogP contribution in [0.4, 0.5) is 8.78 Å². The van der Waals surface area contributed by atoms with Crippen molar-refractivity contribution in [1.29, 1.82) is 0 Å². The third-order valence-electron chi connectivity index (χ3n) is 7.02. The predicted molar refractivity (Wildman–Crippen MR) is 104 cm³/mol. The highest BCUT2D eigenvalue weighted by molar-refractivity contribution is 4.87. The summed E-state index contributed by atoms with van der Waals surface area (Å²) >= 11 is 0. The summed E-state index contributed by atoms with van der Waals surface area (Å²) in [7, 11) is 0. The van der Waals surface area contributed by atoms with E-state index in [9.17, 15) is 8.78 Å². The highest BCUT2D eigenvalue weighted by Crippen LogP contribution is 2.43. The molecule has 0 aromatic heterocycles. The zero-order valence-corrected chi connectivity index (χ0v) is 16.5. The highest BCUT2D eigenvalue weighted by Gasteiger charge is 2.30. The molecule has 25 heavy (non-hydrogen) atoms. The van der Waals surface area contributed by atoms with Gasteiger partial charge in [-0.05, 0) is 74.7 Å². The van der Waals surface area contributed by atoms with Gasteiger partial charge in [0.1, 0.15) is 0 Å². The maximum Gasteiger partial charge on any atom is 0.266 e. The molecule has 0 spiro atoms. The van der Waals surface area contributed by atoms with Gasteiger partial charge in [0.25, 0.3) is 6.08 Å². The number of unbranched alkanes of at least 4 members (excludes halogenated alkanes) is 5. The molecular weight excluding hydrogens is 314 g/mol. The fraction of sp³-hybridized carbons (Fsp3) is 0.913. The van der Waals surface area contributed by atoms with Crippen LogP contribution in [0.3, 0.4) is 0 Å². The quantitative estimate of drug-likeness (QED) is 0.345. The van der Waals surface area contributed by atoms with E-state index in [0.29, 0.717) is 12.3 Å². The van der Waals surface area contributed by atoms with E-state index in [1.54, 1.807) is 0 Å². The van der Waals surface area contributed by atoms with Crippen LogP contribution in [-0.4, -0.2) is 0 Å². The van der Waals surface area contributed by atoms with E-state index >= 15 is 0 Å². The molecule has 2 aliphatic carbocycles. The molecule has 2 heteroatoms. The van der Waals surface area contributed by atoms with Gasteiger partial charge in [-0.1, -0.05) is 64.7 Å². The van der Waals surface area contributed by atoms with E-state index in [-0.39, 0.29) is 0 Å². The van der Waals surface area contributed by atoms with Gasteiger partial charge < -0.3 is 0 Å². The highest BCUT2D eigenvalue weighted by atomic mass is 19.3. The van der Waals surface area contributed by atoms with Crippen LogP contribution in [0, 0.1) is 23.7 Å². The average Bonchev–Trinajstić information content (AvgIpc) is 2.64. The molecule has 0 bridgehead atoms. The normalized spacial score (nSPS) is 30.2. The van der Waals surface area contributed by atoms with Gasteiger partial charge in [-0.3, -0.25) is 0 Å². The third kappa shape index (κ3) is 8.22. The minimum Gasteiger partial charge on any atom is -0.174 e. The first kappa shape index (κ1) is 20.9. The number of rotatable bonds is 10. The Bertz CT molecular complexity index is 356. The van der Waals surface area contributed by atoms with Gasteiger partial charge in [0.2, 0.25) is 0 Å². The smallest absolute Gasteiger partial charge is 0.174 e. The number of hydrogen-bond donors (Lipinski definition) is 0. The Hall–Kier alpha value is -0.400. The van der Waals surface area contributed by atoms with Crippen LogP contribution in [0.1, 0.15) is 110 Å². The van der Waals surface area contributed by atoms with Crippen molar-refractivity contribution < 1.29 is 8.78 Å². The predicted octanol–water partition coefficient (Wildman–Crippen LogP) is 8.52. The second-order valence-corrected chi connectivity index (χ2v) is 8.85. The Kier molecular flexibility index (Phi) is 10.1. The number of allylic oxidation sites excluding steroid dienone is 1. The standard InChI is InChI=1S/C23H40F2/c1-2-3-4-5-6-7-8-19-9-14-21(15-10-19)22-16-11-20(12-17-22)13-18-23(24)25/h18-22H,2-17H2,1H3. The summed E-state index contributed by atoms with van der Waals surface area (Å²) in [5.41, 5.74) is 0. The summed E-state index contributed by atoms with van der Waals surface area (Å²) in [6, 6.07) is 0. The molecule has 0 unspecified atom stereocenters. The lowest BCUT2D eigenvalue weighted by atomic mass is 9.68. The first-order chi connectivity index (χ1) is 12.2. The summed E-state index contributed by atoms with van der Waals surface area (Å²) in [6.07, 6.45) is 20.9. The topological polar surface area (TPSA) is 0 Å². The maximum atomic E-state index is 12.2. The molecule has 0 atom stereocenters.